The molecular weight excluding hydrogens is 334 g/mol. The Morgan fingerprint density at radius 1 is 1.42 bits per heavy atom. The minimum atomic E-state index is 0. The first-order chi connectivity index (χ1) is 5.47. The van der Waals surface area contributed by atoms with Crippen LogP contribution < -0.4 is 0 Å². The van der Waals surface area contributed by atoms with Gasteiger partial charge in [0.25, 0.3) is 0 Å². The third kappa shape index (κ3) is 1.72. The van der Waals surface area contributed by atoms with E-state index >= 15 is 0 Å². The molecule has 0 aliphatic carbocycles. The monoisotopic (exact) mass is 339 g/mol. The molecule has 12 heavy (non-hydrogen) atoms. The van der Waals surface area contributed by atoms with Gasteiger partial charge in [-0.15, -0.1) is 11.3 Å². The fraction of sp³-hybridized carbons (Fsp3) is 0. The van der Waals surface area contributed by atoms with Gasteiger partial charge >= 0.3 is 0 Å². The Morgan fingerprint density at radius 3 is 2.92 bits per heavy atom. The van der Waals surface area contributed by atoms with Gasteiger partial charge in [0.15, 0.2) is 0 Å². The van der Waals surface area contributed by atoms with Crippen LogP contribution in [0.4, 0.5) is 0 Å². The van der Waals surface area contributed by atoms with E-state index in [1.807, 2.05) is 0 Å². The van der Waals surface area contributed by atoms with Crippen LogP contribution in [-0.2, 0) is 20.1 Å². The van der Waals surface area contributed by atoms with E-state index in [4.69, 9.17) is 0 Å². The van der Waals surface area contributed by atoms with Gasteiger partial charge in [-0.2, -0.15) is 0 Å². The van der Waals surface area contributed by atoms with Crippen molar-refractivity contribution in [2.45, 2.75) is 0 Å². The molecule has 63 valence electrons. The summed E-state index contributed by atoms with van der Waals surface area (Å²) in [6, 6.07) is 2.81. The Labute approximate surface area is 82.2 Å². The molecule has 0 saturated heterocycles. The summed E-state index contributed by atoms with van der Waals surface area (Å²) in [5, 5.41) is 7.36. The van der Waals surface area contributed by atoms with Crippen LogP contribution in [0.15, 0.2) is 24.9 Å². The van der Waals surface area contributed by atoms with Crippen molar-refractivity contribution in [1.82, 2.24) is 25.0 Å². The first-order valence-electron chi connectivity index (χ1n) is 3.01. The normalized spacial score (nSPS) is 9.00. The standard InChI is InChI=1S/C6H4N5.Ir/c1-2-7-5-8-6(1)11-4-3-9-10-11;/h2-5H;/q-1;. The molecule has 5 nitrogen and oxygen atoms in total. The van der Waals surface area contributed by atoms with E-state index in [0.717, 1.165) is 0 Å². The Bertz CT molecular complexity index is 319. The number of rotatable bonds is 1. The molecule has 0 N–H and O–H groups in total. The van der Waals surface area contributed by atoms with Crippen LogP contribution in [0.5, 0.6) is 0 Å². The summed E-state index contributed by atoms with van der Waals surface area (Å²) < 4.78 is 1.52. The molecule has 0 fully saturated rings. The van der Waals surface area contributed by atoms with Gasteiger partial charge in [0.05, 0.1) is 6.20 Å². The molecule has 0 unspecified atom stereocenters. The van der Waals surface area contributed by atoms with E-state index in [1.165, 1.54) is 17.2 Å². The quantitative estimate of drug-likeness (QED) is 0.679. The summed E-state index contributed by atoms with van der Waals surface area (Å²) >= 11 is 0. The summed E-state index contributed by atoms with van der Waals surface area (Å²) in [7, 11) is 0. The summed E-state index contributed by atoms with van der Waals surface area (Å²) in [4.78, 5) is 7.64. The molecule has 2 heterocycles. The van der Waals surface area contributed by atoms with Crippen molar-refractivity contribution in [3.05, 3.63) is 31.0 Å². The maximum absolute atomic E-state index is 3.92. The topological polar surface area (TPSA) is 56.5 Å². The number of aromatic nitrogens is 5. The van der Waals surface area contributed by atoms with E-state index < -0.39 is 0 Å². The van der Waals surface area contributed by atoms with Crippen molar-refractivity contribution in [1.29, 1.82) is 0 Å². The van der Waals surface area contributed by atoms with Crippen LogP contribution in [0, 0.1) is 6.07 Å². The average Bonchev–Trinajstić information content (AvgIpc) is 2.58. The number of nitrogens with zero attached hydrogens (tertiary/aromatic N) is 5. The molecule has 0 aliphatic heterocycles. The van der Waals surface area contributed by atoms with Gasteiger partial charge < -0.3 is 6.07 Å². The van der Waals surface area contributed by atoms with Gasteiger partial charge in [0.1, 0.15) is 6.33 Å². The van der Waals surface area contributed by atoms with Crippen molar-refractivity contribution < 1.29 is 20.1 Å². The largest absolute Gasteiger partial charge is 0.406 e. The van der Waals surface area contributed by atoms with Crippen LogP contribution in [0.2, 0.25) is 0 Å². The molecule has 2 aromatic heterocycles. The van der Waals surface area contributed by atoms with Crippen LogP contribution in [-0.4, -0.2) is 25.0 Å². The van der Waals surface area contributed by atoms with Crippen molar-refractivity contribution in [3.8, 4) is 5.82 Å². The summed E-state index contributed by atoms with van der Waals surface area (Å²) in [6.45, 7) is 0. The second-order valence-corrected chi connectivity index (χ2v) is 1.84. The first kappa shape index (κ1) is 8.96. The zero-order chi connectivity index (χ0) is 7.52. The van der Waals surface area contributed by atoms with Crippen molar-refractivity contribution >= 4 is 0 Å². The molecule has 0 spiro atoms. The smallest absolute Gasteiger partial charge is 0.110 e. The third-order valence-corrected chi connectivity index (χ3v) is 1.15. The van der Waals surface area contributed by atoms with E-state index in [1.54, 1.807) is 12.4 Å². The van der Waals surface area contributed by atoms with Gasteiger partial charge in [-0.3, -0.25) is 9.97 Å². The minimum Gasteiger partial charge on any atom is -0.406 e. The summed E-state index contributed by atoms with van der Waals surface area (Å²) in [5.74, 6) is 0.595. The van der Waals surface area contributed by atoms with E-state index in [0.29, 0.717) is 5.82 Å². The second-order valence-electron chi connectivity index (χ2n) is 1.84. The van der Waals surface area contributed by atoms with Crippen molar-refractivity contribution in [2.75, 3.05) is 0 Å². The third-order valence-electron chi connectivity index (χ3n) is 1.15. The SMILES string of the molecule is [Ir].[c-]1cncnc1-n1ccnn1. The van der Waals surface area contributed by atoms with Crippen molar-refractivity contribution in [3.63, 3.8) is 0 Å². The van der Waals surface area contributed by atoms with Crippen LogP contribution >= 0.6 is 0 Å². The van der Waals surface area contributed by atoms with Gasteiger partial charge in [0, 0.05) is 26.3 Å². The Balaban J connectivity index is 0.000000720. The van der Waals surface area contributed by atoms with Crippen LogP contribution in [0.1, 0.15) is 0 Å². The van der Waals surface area contributed by atoms with Crippen molar-refractivity contribution in [2.24, 2.45) is 0 Å². The Morgan fingerprint density at radius 2 is 2.33 bits per heavy atom. The predicted octanol–water partition coefficient (Wildman–Crippen LogP) is -0.145. The number of hydrogen-bond donors (Lipinski definition) is 0. The molecule has 0 aliphatic rings. The fourth-order valence-electron chi connectivity index (χ4n) is 0.700. The molecule has 0 atom stereocenters. The Kier molecular flexibility index (Phi) is 3.01. The molecule has 2 rings (SSSR count). The van der Waals surface area contributed by atoms with Gasteiger partial charge in [-0.05, 0) is 5.82 Å². The molecular formula is C6H4IrN5-. The van der Waals surface area contributed by atoms with Gasteiger partial charge in [-0.25, -0.2) is 4.68 Å². The van der Waals surface area contributed by atoms with Crippen LogP contribution in [0.3, 0.4) is 0 Å². The van der Waals surface area contributed by atoms with E-state index in [9.17, 15) is 0 Å². The van der Waals surface area contributed by atoms with E-state index in [2.05, 4.69) is 26.3 Å². The molecule has 2 aromatic rings. The zero-order valence-electron chi connectivity index (χ0n) is 5.88. The predicted molar refractivity (Wildman–Crippen MR) is 35.8 cm³/mol. The van der Waals surface area contributed by atoms with E-state index in [-0.39, 0.29) is 20.1 Å². The summed E-state index contributed by atoms with van der Waals surface area (Å²) in [5.41, 5.74) is 0. The van der Waals surface area contributed by atoms with Crippen LogP contribution in [0.25, 0.3) is 5.82 Å². The number of hydrogen-bond acceptors (Lipinski definition) is 4. The molecule has 0 saturated carbocycles. The second kappa shape index (κ2) is 4.04. The molecule has 6 heteroatoms. The Hall–Kier alpha value is -1.13. The zero-order valence-corrected chi connectivity index (χ0v) is 8.27. The first-order valence-corrected chi connectivity index (χ1v) is 3.01. The maximum atomic E-state index is 3.92. The van der Waals surface area contributed by atoms with Gasteiger partial charge in [0.2, 0.25) is 0 Å². The molecule has 1 radical (unpaired) electrons. The fourth-order valence-corrected chi connectivity index (χ4v) is 0.700. The molecule has 0 amide bonds. The molecule has 0 aromatic carbocycles. The summed E-state index contributed by atoms with van der Waals surface area (Å²) in [6.07, 6.45) is 6.24. The maximum Gasteiger partial charge on any atom is 0.110 e. The minimum absolute atomic E-state index is 0. The molecule has 0 bridgehead atoms. The average molecular weight is 338 g/mol. The van der Waals surface area contributed by atoms with Gasteiger partial charge in [-0.1, -0.05) is 5.21 Å².